The monoisotopic (exact) mass is 362 g/mol. The van der Waals surface area contributed by atoms with Crippen molar-refractivity contribution in [2.24, 2.45) is 0 Å². The number of anilines is 2. The van der Waals surface area contributed by atoms with Crippen molar-refractivity contribution < 1.29 is 13.2 Å². The fraction of sp³-hybridized carbons (Fsp3) is 0.412. The first-order valence-corrected chi connectivity index (χ1v) is 9.75. The van der Waals surface area contributed by atoms with Gasteiger partial charge in [-0.3, -0.25) is 4.31 Å². The summed E-state index contributed by atoms with van der Waals surface area (Å²) in [5.41, 5.74) is 2.57. The highest BCUT2D eigenvalue weighted by molar-refractivity contribution is 7.93. The normalized spacial score (nSPS) is 16.2. The Kier molecular flexibility index (Phi) is 5.19. The number of aromatic nitrogens is 2. The van der Waals surface area contributed by atoms with Crippen LogP contribution in [-0.2, 0) is 27.9 Å². The van der Waals surface area contributed by atoms with Crippen molar-refractivity contribution in [1.82, 2.24) is 9.97 Å². The smallest absolute Gasteiger partial charge is 0.235 e. The number of methoxy groups -OCH3 is 1. The second kappa shape index (κ2) is 7.37. The number of nitrogens with zero attached hydrogens (tertiary/aromatic N) is 3. The molecule has 1 aliphatic heterocycles. The molecule has 2 aromatic rings. The molecule has 0 amide bonds. The Bertz CT molecular complexity index is 855. The van der Waals surface area contributed by atoms with Crippen LogP contribution in [0.5, 0.6) is 0 Å². The van der Waals surface area contributed by atoms with E-state index in [1.54, 1.807) is 7.11 Å². The van der Waals surface area contributed by atoms with Crippen LogP contribution in [0.1, 0.15) is 23.5 Å². The molecule has 2 heterocycles. The van der Waals surface area contributed by atoms with Crippen LogP contribution in [0.15, 0.2) is 30.3 Å². The van der Waals surface area contributed by atoms with Crippen molar-refractivity contribution in [2.45, 2.75) is 26.5 Å². The summed E-state index contributed by atoms with van der Waals surface area (Å²) in [7, 11) is -1.56. The van der Waals surface area contributed by atoms with Crippen molar-refractivity contribution in [3.8, 4) is 0 Å². The van der Waals surface area contributed by atoms with Crippen LogP contribution in [-0.4, -0.2) is 37.8 Å². The predicted molar refractivity (Wildman–Crippen MR) is 97.0 cm³/mol. The van der Waals surface area contributed by atoms with Gasteiger partial charge in [0.2, 0.25) is 10.0 Å². The maximum absolute atomic E-state index is 12.1. The topological polar surface area (TPSA) is 84.4 Å². The summed E-state index contributed by atoms with van der Waals surface area (Å²) in [5, 5.41) is 3.26. The minimum Gasteiger partial charge on any atom is -0.377 e. The average Bonchev–Trinajstić information content (AvgIpc) is 2.92. The Hall–Kier alpha value is -2.19. The molecule has 0 radical (unpaired) electrons. The Morgan fingerprint density at radius 3 is 2.84 bits per heavy atom. The van der Waals surface area contributed by atoms with E-state index in [9.17, 15) is 8.42 Å². The molecular formula is C17H22N4O3S. The van der Waals surface area contributed by atoms with Gasteiger partial charge in [-0.2, -0.15) is 0 Å². The van der Waals surface area contributed by atoms with Gasteiger partial charge < -0.3 is 10.1 Å². The number of ether oxygens (including phenoxy) is 1. The lowest BCUT2D eigenvalue weighted by molar-refractivity contribution is 0.177. The second-order valence-electron chi connectivity index (χ2n) is 6.01. The zero-order chi connectivity index (χ0) is 17.9. The molecule has 0 bridgehead atoms. The van der Waals surface area contributed by atoms with Crippen LogP contribution in [0.3, 0.4) is 0 Å². The van der Waals surface area contributed by atoms with Crippen LogP contribution in [0.25, 0.3) is 0 Å². The number of aryl methyl sites for hydroxylation is 1. The maximum atomic E-state index is 12.1. The number of hydrogen-bond acceptors (Lipinski definition) is 6. The first-order valence-electron chi connectivity index (χ1n) is 8.15. The first-order chi connectivity index (χ1) is 12.0. The highest BCUT2D eigenvalue weighted by Gasteiger charge is 2.28. The van der Waals surface area contributed by atoms with E-state index in [0.29, 0.717) is 31.9 Å². The summed E-state index contributed by atoms with van der Waals surface area (Å²) in [4.78, 5) is 8.72. The van der Waals surface area contributed by atoms with Gasteiger partial charge in [0.1, 0.15) is 12.4 Å². The van der Waals surface area contributed by atoms with Crippen molar-refractivity contribution in [1.29, 1.82) is 0 Å². The third kappa shape index (κ3) is 4.26. The van der Waals surface area contributed by atoms with Crippen molar-refractivity contribution in [3.05, 3.63) is 47.4 Å². The number of benzene rings is 1. The van der Waals surface area contributed by atoms with E-state index >= 15 is 0 Å². The van der Waals surface area contributed by atoms with E-state index in [4.69, 9.17) is 4.74 Å². The van der Waals surface area contributed by atoms with E-state index in [1.807, 2.05) is 37.3 Å². The number of rotatable bonds is 6. The van der Waals surface area contributed by atoms with Crippen molar-refractivity contribution in [2.75, 3.05) is 29.0 Å². The predicted octanol–water partition coefficient (Wildman–Crippen LogP) is 2.08. The van der Waals surface area contributed by atoms with Gasteiger partial charge in [-0.25, -0.2) is 18.4 Å². The minimum absolute atomic E-state index is 0.220. The summed E-state index contributed by atoms with van der Waals surface area (Å²) in [5.74, 6) is 1.57. The highest BCUT2D eigenvalue weighted by atomic mass is 32.2. The fourth-order valence-electron chi connectivity index (χ4n) is 2.86. The lowest BCUT2D eigenvalue weighted by atomic mass is 10.2. The van der Waals surface area contributed by atoms with Crippen LogP contribution in [0.4, 0.5) is 11.5 Å². The van der Waals surface area contributed by atoms with E-state index in [2.05, 4.69) is 15.3 Å². The summed E-state index contributed by atoms with van der Waals surface area (Å²) in [6.45, 7) is 3.36. The van der Waals surface area contributed by atoms with Gasteiger partial charge >= 0.3 is 0 Å². The molecule has 1 aromatic carbocycles. The lowest BCUT2D eigenvalue weighted by Gasteiger charge is -2.18. The molecule has 134 valence electrons. The minimum atomic E-state index is -3.16. The van der Waals surface area contributed by atoms with Crippen LogP contribution < -0.4 is 9.62 Å². The fourth-order valence-corrected chi connectivity index (χ4v) is 4.41. The van der Waals surface area contributed by atoms with Crippen LogP contribution >= 0.6 is 0 Å². The van der Waals surface area contributed by atoms with Crippen LogP contribution in [0, 0.1) is 6.92 Å². The van der Waals surface area contributed by atoms with Gasteiger partial charge in [0.15, 0.2) is 5.82 Å². The molecule has 3 rings (SSSR count). The SMILES string of the molecule is COCc1nc(C)cc(NCc2cccc(N3CCCS3(=O)=O)c2)n1. The molecule has 1 N–H and O–H groups in total. The summed E-state index contributed by atoms with van der Waals surface area (Å²) in [6, 6.07) is 9.44. The molecule has 0 aliphatic carbocycles. The van der Waals surface area contributed by atoms with Gasteiger partial charge in [0.05, 0.1) is 11.4 Å². The molecule has 0 spiro atoms. The lowest BCUT2D eigenvalue weighted by Crippen LogP contribution is -2.25. The molecule has 7 nitrogen and oxygen atoms in total. The van der Waals surface area contributed by atoms with E-state index < -0.39 is 10.0 Å². The molecule has 1 saturated heterocycles. The Morgan fingerprint density at radius 1 is 1.28 bits per heavy atom. The number of hydrogen-bond donors (Lipinski definition) is 1. The summed E-state index contributed by atoms with van der Waals surface area (Å²) in [6.07, 6.45) is 0.674. The van der Waals surface area contributed by atoms with Gasteiger partial charge in [-0.15, -0.1) is 0 Å². The van der Waals surface area contributed by atoms with Gasteiger partial charge in [0.25, 0.3) is 0 Å². The molecule has 0 saturated carbocycles. The first kappa shape index (κ1) is 17.6. The average molecular weight is 362 g/mol. The zero-order valence-corrected chi connectivity index (χ0v) is 15.2. The van der Waals surface area contributed by atoms with Crippen LogP contribution in [0.2, 0.25) is 0 Å². The Balaban J connectivity index is 1.73. The molecule has 8 heteroatoms. The zero-order valence-electron chi connectivity index (χ0n) is 14.4. The van der Waals surface area contributed by atoms with Gasteiger partial charge in [-0.05, 0) is 31.0 Å². The Morgan fingerprint density at radius 2 is 2.12 bits per heavy atom. The van der Waals surface area contributed by atoms with Gasteiger partial charge in [-0.1, -0.05) is 12.1 Å². The maximum Gasteiger partial charge on any atom is 0.235 e. The molecule has 1 aliphatic rings. The largest absolute Gasteiger partial charge is 0.377 e. The highest BCUT2D eigenvalue weighted by Crippen LogP contribution is 2.25. The van der Waals surface area contributed by atoms with Gasteiger partial charge in [0, 0.05) is 32.0 Å². The van der Waals surface area contributed by atoms with E-state index in [-0.39, 0.29) is 5.75 Å². The Labute approximate surface area is 148 Å². The quantitative estimate of drug-likeness (QED) is 0.847. The molecule has 25 heavy (non-hydrogen) atoms. The molecular weight excluding hydrogens is 340 g/mol. The molecule has 0 unspecified atom stereocenters. The number of nitrogens with one attached hydrogen (secondary N) is 1. The summed E-state index contributed by atoms with van der Waals surface area (Å²) < 4.78 is 30.7. The summed E-state index contributed by atoms with van der Waals surface area (Å²) >= 11 is 0. The van der Waals surface area contributed by atoms with E-state index in [1.165, 1.54) is 4.31 Å². The third-order valence-corrected chi connectivity index (χ3v) is 5.81. The van der Waals surface area contributed by atoms with Crippen molar-refractivity contribution >= 4 is 21.5 Å². The van der Waals surface area contributed by atoms with E-state index in [0.717, 1.165) is 22.8 Å². The standard InChI is InChI=1S/C17H22N4O3S/c1-13-9-16(20-17(19-13)12-24-2)18-11-14-5-3-6-15(10-14)21-7-4-8-25(21,22)23/h3,5-6,9-10H,4,7-8,11-12H2,1-2H3,(H,18,19,20). The molecule has 1 aromatic heterocycles. The third-order valence-electron chi connectivity index (χ3n) is 3.95. The molecule has 0 atom stereocenters. The van der Waals surface area contributed by atoms with Crippen molar-refractivity contribution in [3.63, 3.8) is 0 Å². The molecule has 1 fully saturated rings. The second-order valence-corrected chi connectivity index (χ2v) is 8.02. The number of sulfonamides is 1.